The van der Waals surface area contributed by atoms with Gasteiger partial charge in [-0.2, -0.15) is 0 Å². The monoisotopic (exact) mass is 816 g/mol. The van der Waals surface area contributed by atoms with E-state index in [0.717, 1.165) is 10.6 Å². The smallest absolute Gasteiger partial charge is 0.325 e. The number of nitrogen functional groups attached to an aromatic ring is 1. The van der Waals surface area contributed by atoms with Crippen LogP contribution >= 0.6 is 34.5 Å². The molecule has 0 aliphatic carbocycles. The van der Waals surface area contributed by atoms with Crippen molar-refractivity contribution in [3.8, 4) is 46.3 Å². The van der Waals surface area contributed by atoms with E-state index in [1.165, 1.54) is 24.0 Å². The van der Waals surface area contributed by atoms with E-state index in [0.29, 0.717) is 94.6 Å². The highest BCUT2D eigenvalue weighted by Gasteiger charge is 2.16. The van der Waals surface area contributed by atoms with Gasteiger partial charge in [0.15, 0.2) is 28.1 Å². The summed E-state index contributed by atoms with van der Waals surface area (Å²) in [4.78, 5) is 34.5. The molecule has 0 atom stereocenters. The molecule has 3 aromatic heterocycles. The Bertz CT molecular complexity index is 2540. The Morgan fingerprint density at radius 2 is 1.14 bits per heavy atom. The molecule has 56 heavy (non-hydrogen) atoms. The van der Waals surface area contributed by atoms with Gasteiger partial charge >= 0.3 is 6.03 Å². The zero-order chi connectivity index (χ0) is 39.9. The number of benzene rings is 4. The molecule has 0 unspecified atom stereocenters. The van der Waals surface area contributed by atoms with Crippen molar-refractivity contribution in [2.45, 2.75) is 13.8 Å². The molecule has 15 nitrogen and oxygen atoms in total. The summed E-state index contributed by atoms with van der Waals surface area (Å²) in [5.41, 5.74) is 8.91. The predicted octanol–water partition coefficient (Wildman–Crippen LogP) is 9.48. The van der Waals surface area contributed by atoms with E-state index in [9.17, 15) is 4.79 Å². The number of methoxy groups -OCH3 is 4. The van der Waals surface area contributed by atoms with Gasteiger partial charge in [-0.3, -0.25) is 5.32 Å². The van der Waals surface area contributed by atoms with Gasteiger partial charge in [-0.1, -0.05) is 23.2 Å². The summed E-state index contributed by atoms with van der Waals surface area (Å²) in [7, 11) is 6.22. The van der Waals surface area contributed by atoms with Crippen molar-refractivity contribution < 1.29 is 33.2 Å². The van der Waals surface area contributed by atoms with Crippen LogP contribution in [0.2, 0.25) is 10.0 Å². The molecule has 7 aromatic rings. The number of nitrogens with two attached hydrogens (primary N) is 1. The summed E-state index contributed by atoms with van der Waals surface area (Å²) in [6.07, 6.45) is 2.80. The van der Waals surface area contributed by atoms with Crippen molar-refractivity contribution >= 4 is 78.9 Å². The number of aromatic nitrogens is 5. The van der Waals surface area contributed by atoms with Crippen LogP contribution in [0.5, 0.6) is 46.3 Å². The first-order valence-electron chi connectivity index (χ1n) is 16.5. The van der Waals surface area contributed by atoms with Gasteiger partial charge < -0.3 is 39.5 Å². The summed E-state index contributed by atoms with van der Waals surface area (Å²) < 4.78 is 33.0. The number of hydrogen-bond acceptors (Lipinski definition) is 14. The fraction of sp³-hybridized carbons (Fsp3) is 0.158. The molecule has 0 radical (unpaired) electrons. The molecule has 0 saturated carbocycles. The summed E-state index contributed by atoms with van der Waals surface area (Å²) in [5, 5.41) is 7.96. The number of fused-ring (bicyclic) bond motifs is 2. The quantitative estimate of drug-likeness (QED) is 0.111. The lowest BCUT2D eigenvalue weighted by atomic mass is 10.2. The number of thiazole rings is 1. The van der Waals surface area contributed by atoms with Crippen LogP contribution in [0.3, 0.4) is 0 Å². The van der Waals surface area contributed by atoms with Crippen LogP contribution in [0, 0.1) is 13.8 Å². The van der Waals surface area contributed by atoms with E-state index in [4.69, 9.17) is 57.4 Å². The lowest BCUT2D eigenvalue weighted by Crippen LogP contribution is -2.19. The molecule has 2 amide bonds. The van der Waals surface area contributed by atoms with E-state index in [-0.39, 0.29) is 0 Å². The molecule has 288 valence electrons. The van der Waals surface area contributed by atoms with Crippen molar-refractivity contribution in [2.75, 3.05) is 44.8 Å². The largest absolute Gasteiger partial charge is 0.493 e. The molecule has 4 N–H and O–H groups in total. The summed E-state index contributed by atoms with van der Waals surface area (Å²) >= 11 is 14.0. The molecule has 3 heterocycles. The highest BCUT2D eigenvalue weighted by Crippen LogP contribution is 2.39. The summed E-state index contributed by atoms with van der Waals surface area (Å²) in [5.74, 6) is 3.69. The number of nitrogens with one attached hydrogen (secondary N) is 2. The Labute approximate surface area is 334 Å². The summed E-state index contributed by atoms with van der Waals surface area (Å²) in [6.45, 7) is 3.84. The Balaban J connectivity index is 0.000000202. The molecule has 4 aromatic carbocycles. The van der Waals surface area contributed by atoms with Gasteiger partial charge in [0.25, 0.3) is 0 Å². The predicted molar refractivity (Wildman–Crippen MR) is 217 cm³/mol. The second-order valence-electron chi connectivity index (χ2n) is 11.6. The van der Waals surface area contributed by atoms with Crippen molar-refractivity contribution in [3.05, 3.63) is 93.9 Å². The van der Waals surface area contributed by atoms with Crippen molar-refractivity contribution in [1.82, 2.24) is 24.9 Å². The normalized spacial score (nSPS) is 10.6. The molecule has 0 bridgehead atoms. The average molecular weight is 818 g/mol. The minimum Gasteiger partial charge on any atom is -0.493 e. The number of halogens is 2. The third-order valence-corrected chi connectivity index (χ3v) is 9.60. The van der Waals surface area contributed by atoms with Gasteiger partial charge in [-0.15, -0.1) is 11.3 Å². The number of carbonyl (C=O) groups excluding carboxylic acids is 1. The highest BCUT2D eigenvalue weighted by atomic mass is 35.5. The lowest BCUT2D eigenvalue weighted by molar-refractivity contribution is 0.262. The Morgan fingerprint density at radius 1 is 0.643 bits per heavy atom. The Hall–Kier alpha value is -6.36. The first-order chi connectivity index (χ1) is 27.0. The molecule has 7 rings (SSSR count). The fourth-order valence-corrected chi connectivity index (χ4v) is 6.39. The number of ether oxygens (including phenoxy) is 6. The van der Waals surface area contributed by atoms with E-state index in [2.05, 4.69) is 35.6 Å². The number of urea groups is 1. The van der Waals surface area contributed by atoms with Crippen LogP contribution in [0.25, 0.3) is 21.8 Å². The Kier molecular flexibility index (Phi) is 12.2. The fourth-order valence-electron chi connectivity index (χ4n) is 5.14. The topological polar surface area (TPSA) is 187 Å². The van der Waals surface area contributed by atoms with Crippen LogP contribution in [-0.4, -0.2) is 59.4 Å². The minimum absolute atomic E-state index is 0.293. The second-order valence-corrected chi connectivity index (χ2v) is 13.6. The van der Waals surface area contributed by atoms with Crippen LogP contribution in [0.15, 0.2) is 73.3 Å². The molecule has 18 heteroatoms. The third kappa shape index (κ3) is 8.94. The van der Waals surface area contributed by atoms with Gasteiger partial charge in [-0.05, 0) is 62.4 Å². The van der Waals surface area contributed by atoms with E-state index < -0.39 is 6.03 Å². The van der Waals surface area contributed by atoms with Gasteiger partial charge in [0.1, 0.15) is 24.2 Å². The maximum absolute atomic E-state index is 12.3. The van der Waals surface area contributed by atoms with Crippen LogP contribution in [0.1, 0.15) is 10.6 Å². The summed E-state index contributed by atoms with van der Waals surface area (Å²) in [6, 6.07) is 16.5. The number of nitrogens with zero attached hydrogens (tertiary/aromatic N) is 5. The standard InChI is InChI=1S/C22H20ClN5O4S.C16H14ClN3O3/c1-11-12(2)33-22(26-11)28-21(29)27-13-5-6-17(15(23)7-13)32-20-14-8-18(30-3)19(31-4)9-16(14)24-10-25-20;1-21-14-6-10-12(7-15(14)22-2)19-8-20-16(10)23-13-4-3-9(18)5-11(13)17/h5-10H,1-4H3,(H2,26,27,28,29);3-8H,18H2,1-2H3. The molecule has 0 aliphatic rings. The molecular formula is C38H34Cl2N8O7S. The number of hydrogen-bond donors (Lipinski definition) is 3. The van der Waals surface area contributed by atoms with Crippen molar-refractivity contribution in [2.24, 2.45) is 0 Å². The Morgan fingerprint density at radius 3 is 1.61 bits per heavy atom. The van der Waals surface area contributed by atoms with Crippen LogP contribution in [-0.2, 0) is 0 Å². The van der Waals surface area contributed by atoms with E-state index in [1.54, 1.807) is 89.1 Å². The maximum atomic E-state index is 12.3. The molecule has 0 fully saturated rings. The average Bonchev–Trinajstić information content (AvgIpc) is 3.51. The number of anilines is 3. The minimum atomic E-state index is -0.420. The van der Waals surface area contributed by atoms with E-state index >= 15 is 0 Å². The molecule has 0 spiro atoms. The van der Waals surface area contributed by atoms with Crippen LogP contribution in [0.4, 0.5) is 21.3 Å². The van der Waals surface area contributed by atoms with Crippen molar-refractivity contribution in [1.29, 1.82) is 0 Å². The third-order valence-electron chi connectivity index (χ3n) is 8.02. The number of rotatable bonds is 10. The van der Waals surface area contributed by atoms with Crippen LogP contribution < -0.4 is 44.8 Å². The lowest BCUT2D eigenvalue weighted by Gasteiger charge is -2.13. The van der Waals surface area contributed by atoms with Gasteiger partial charge in [0.2, 0.25) is 11.8 Å². The number of aryl methyl sites for hydroxylation is 2. The zero-order valence-corrected chi connectivity index (χ0v) is 33.1. The van der Waals surface area contributed by atoms with Gasteiger partial charge in [0.05, 0.1) is 66.0 Å². The van der Waals surface area contributed by atoms with E-state index in [1.807, 2.05) is 13.8 Å². The SMILES string of the molecule is COc1cc2ncnc(Oc3ccc(N)cc3Cl)c2cc1OC.COc1cc2ncnc(Oc3ccc(NC(=O)Nc4nc(C)c(C)s4)cc3Cl)c2cc1OC. The van der Waals surface area contributed by atoms with Crippen molar-refractivity contribution in [3.63, 3.8) is 0 Å². The first kappa shape index (κ1) is 39.3. The zero-order valence-electron chi connectivity index (χ0n) is 30.8. The maximum Gasteiger partial charge on any atom is 0.325 e. The molecule has 0 saturated heterocycles. The van der Waals surface area contributed by atoms with Gasteiger partial charge in [0, 0.05) is 28.4 Å². The molecular weight excluding hydrogens is 783 g/mol. The number of carbonyl (C=O) groups is 1. The van der Waals surface area contributed by atoms with Gasteiger partial charge in [-0.25, -0.2) is 29.7 Å². The first-order valence-corrected chi connectivity index (χ1v) is 18.0. The highest BCUT2D eigenvalue weighted by molar-refractivity contribution is 7.15. The number of amides is 2. The molecule has 0 aliphatic heterocycles. The second kappa shape index (κ2) is 17.4.